The second kappa shape index (κ2) is 7.44. The van der Waals surface area contributed by atoms with Crippen LogP contribution in [-0.2, 0) is 4.79 Å². The number of amides is 1. The standard InChI is InChI=1S/C15H14N2O3S/c18-13(7-9-21-14-6-1-2-8-16-14)17-12-5-3-4-11(10-12)15(19)20/h1-6,8,10H,7,9H2,(H,17,18)(H,19,20). The maximum atomic E-state index is 11.8. The molecule has 1 heterocycles. The van der Waals surface area contributed by atoms with Gasteiger partial charge in [0.2, 0.25) is 5.91 Å². The summed E-state index contributed by atoms with van der Waals surface area (Å²) >= 11 is 1.50. The van der Waals surface area contributed by atoms with Gasteiger partial charge in [-0.15, -0.1) is 11.8 Å². The maximum absolute atomic E-state index is 11.8. The first-order valence-corrected chi connectivity index (χ1v) is 7.31. The van der Waals surface area contributed by atoms with E-state index < -0.39 is 5.97 Å². The molecule has 6 heteroatoms. The molecule has 2 N–H and O–H groups in total. The minimum absolute atomic E-state index is 0.149. The van der Waals surface area contributed by atoms with Crippen LogP contribution in [-0.4, -0.2) is 27.7 Å². The quantitative estimate of drug-likeness (QED) is 0.802. The molecule has 0 aliphatic heterocycles. The third-order valence-corrected chi connectivity index (χ3v) is 3.56. The van der Waals surface area contributed by atoms with Crippen molar-refractivity contribution in [2.45, 2.75) is 11.4 Å². The first-order chi connectivity index (χ1) is 10.1. The number of aromatic carboxylic acids is 1. The van der Waals surface area contributed by atoms with Crippen LogP contribution < -0.4 is 5.32 Å². The van der Waals surface area contributed by atoms with Crippen molar-refractivity contribution in [1.29, 1.82) is 0 Å². The molecule has 0 spiro atoms. The highest BCUT2D eigenvalue weighted by molar-refractivity contribution is 7.99. The Morgan fingerprint density at radius 1 is 1.19 bits per heavy atom. The number of nitrogens with zero attached hydrogens (tertiary/aromatic N) is 1. The van der Waals surface area contributed by atoms with Crippen LogP contribution in [0.2, 0.25) is 0 Å². The van der Waals surface area contributed by atoms with Gasteiger partial charge in [0.15, 0.2) is 0 Å². The predicted molar refractivity (Wildman–Crippen MR) is 81.6 cm³/mol. The van der Waals surface area contributed by atoms with E-state index in [9.17, 15) is 9.59 Å². The normalized spacial score (nSPS) is 10.1. The number of carbonyl (C=O) groups is 2. The first-order valence-electron chi connectivity index (χ1n) is 6.32. The summed E-state index contributed by atoms with van der Waals surface area (Å²) in [6.45, 7) is 0. The molecule has 0 bridgehead atoms. The van der Waals surface area contributed by atoms with Gasteiger partial charge in [-0.25, -0.2) is 9.78 Å². The van der Waals surface area contributed by atoms with E-state index in [0.717, 1.165) is 5.03 Å². The minimum atomic E-state index is -1.02. The number of aromatic nitrogens is 1. The number of anilines is 1. The molecule has 2 rings (SSSR count). The highest BCUT2D eigenvalue weighted by Gasteiger charge is 2.06. The van der Waals surface area contributed by atoms with Crippen LogP contribution in [0.4, 0.5) is 5.69 Å². The lowest BCUT2D eigenvalue weighted by molar-refractivity contribution is -0.115. The van der Waals surface area contributed by atoms with E-state index in [1.807, 2.05) is 18.2 Å². The molecule has 0 saturated heterocycles. The molecule has 1 amide bonds. The molecule has 0 fully saturated rings. The predicted octanol–water partition coefficient (Wildman–Crippen LogP) is 2.90. The van der Waals surface area contributed by atoms with Gasteiger partial charge in [-0.1, -0.05) is 12.1 Å². The van der Waals surface area contributed by atoms with E-state index in [-0.39, 0.29) is 11.5 Å². The van der Waals surface area contributed by atoms with Crippen molar-refractivity contribution in [1.82, 2.24) is 4.98 Å². The number of thioether (sulfide) groups is 1. The summed E-state index contributed by atoms with van der Waals surface area (Å²) < 4.78 is 0. The molecule has 0 saturated carbocycles. The Bertz CT molecular complexity index is 632. The number of rotatable bonds is 6. The summed E-state index contributed by atoms with van der Waals surface area (Å²) in [6, 6.07) is 11.8. The number of carboxylic acids is 1. The van der Waals surface area contributed by atoms with Gasteiger partial charge in [0, 0.05) is 24.1 Å². The minimum Gasteiger partial charge on any atom is -0.478 e. The summed E-state index contributed by atoms with van der Waals surface area (Å²) in [4.78, 5) is 26.8. The van der Waals surface area contributed by atoms with Gasteiger partial charge in [-0.3, -0.25) is 4.79 Å². The fourth-order valence-corrected chi connectivity index (χ4v) is 2.44. The Morgan fingerprint density at radius 2 is 2.05 bits per heavy atom. The van der Waals surface area contributed by atoms with E-state index in [1.54, 1.807) is 18.3 Å². The van der Waals surface area contributed by atoms with Crippen molar-refractivity contribution in [3.63, 3.8) is 0 Å². The summed E-state index contributed by atoms with van der Waals surface area (Å²) in [7, 11) is 0. The number of hydrogen-bond donors (Lipinski definition) is 2. The zero-order valence-electron chi connectivity index (χ0n) is 11.2. The molecule has 1 aromatic heterocycles. The van der Waals surface area contributed by atoms with Crippen molar-refractivity contribution in [2.75, 3.05) is 11.1 Å². The number of benzene rings is 1. The summed E-state index contributed by atoms with van der Waals surface area (Å²) in [5.41, 5.74) is 0.637. The molecule has 0 aliphatic carbocycles. The first kappa shape index (κ1) is 15.1. The van der Waals surface area contributed by atoms with Gasteiger partial charge in [0.1, 0.15) is 0 Å². The number of carbonyl (C=O) groups excluding carboxylic acids is 1. The number of pyridine rings is 1. The van der Waals surface area contributed by atoms with Crippen molar-refractivity contribution in [3.05, 3.63) is 54.2 Å². The zero-order valence-corrected chi connectivity index (χ0v) is 12.0. The molecular formula is C15H14N2O3S. The SMILES string of the molecule is O=C(CCSc1ccccn1)Nc1cccc(C(=O)O)c1. The Hall–Kier alpha value is -2.34. The third kappa shape index (κ3) is 4.92. The van der Waals surface area contributed by atoms with Crippen LogP contribution in [0.3, 0.4) is 0 Å². The molecule has 5 nitrogen and oxygen atoms in total. The highest BCUT2D eigenvalue weighted by atomic mass is 32.2. The van der Waals surface area contributed by atoms with Gasteiger partial charge in [0.05, 0.1) is 10.6 Å². The van der Waals surface area contributed by atoms with Crippen LogP contribution in [0.1, 0.15) is 16.8 Å². The lowest BCUT2D eigenvalue weighted by Gasteiger charge is -2.06. The van der Waals surface area contributed by atoms with E-state index >= 15 is 0 Å². The molecular weight excluding hydrogens is 288 g/mol. The molecule has 0 radical (unpaired) electrons. The molecule has 1 aromatic carbocycles. The second-order valence-corrected chi connectivity index (χ2v) is 5.32. The lowest BCUT2D eigenvalue weighted by Crippen LogP contribution is -2.12. The fraction of sp³-hybridized carbons (Fsp3) is 0.133. The third-order valence-electron chi connectivity index (χ3n) is 2.61. The van der Waals surface area contributed by atoms with Gasteiger partial charge in [-0.2, -0.15) is 0 Å². The van der Waals surface area contributed by atoms with Gasteiger partial charge >= 0.3 is 5.97 Å². The Morgan fingerprint density at radius 3 is 2.76 bits per heavy atom. The van der Waals surface area contributed by atoms with Crippen LogP contribution >= 0.6 is 11.8 Å². The van der Waals surface area contributed by atoms with Crippen LogP contribution in [0.15, 0.2) is 53.7 Å². The van der Waals surface area contributed by atoms with Gasteiger partial charge < -0.3 is 10.4 Å². The highest BCUT2D eigenvalue weighted by Crippen LogP contribution is 2.16. The summed E-state index contributed by atoms with van der Waals surface area (Å²) in [6.07, 6.45) is 2.04. The van der Waals surface area contributed by atoms with Crippen LogP contribution in [0.5, 0.6) is 0 Å². The monoisotopic (exact) mass is 302 g/mol. The molecule has 0 unspecified atom stereocenters. The van der Waals surface area contributed by atoms with Crippen molar-refractivity contribution >= 4 is 29.3 Å². The molecule has 108 valence electrons. The average molecular weight is 302 g/mol. The van der Waals surface area contributed by atoms with E-state index in [2.05, 4.69) is 10.3 Å². The Balaban J connectivity index is 1.82. The molecule has 21 heavy (non-hydrogen) atoms. The van der Waals surface area contributed by atoms with Crippen LogP contribution in [0.25, 0.3) is 0 Å². The topological polar surface area (TPSA) is 79.3 Å². The largest absolute Gasteiger partial charge is 0.478 e. The van der Waals surface area contributed by atoms with Crippen molar-refractivity contribution in [2.24, 2.45) is 0 Å². The smallest absolute Gasteiger partial charge is 0.335 e. The maximum Gasteiger partial charge on any atom is 0.335 e. The molecule has 2 aromatic rings. The Kier molecular flexibility index (Phi) is 5.34. The number of hydrogen-bond acceptors (Lipinski definition) is 4. The Labute approximate surface area is 126 Å². The average Bonchev–Trinajstić information content (AvgIpc) is 2.48. The van der Waals surface area contributed by atoms with E-state index in [4.69, 9.17) is 5.11 Å². The van der Waals surface area contributed by atoms with Crippen molar-refractivity contribution < 1.29 is 14.7 Å². The van der Waals surface area contributed by atoms with E-state index in [0.29, 0.717) is 17.9 Å². The molecule has 0 aliphatic rings. The summed E-state index contributed by atoms with van der Waals surface area (Å²) in [5.74, 6) is -0.556. The molecule has 0 atom stereocenters. The van der Waals surface area contributed by atoms with Crippen LogP contribution in [0, 0.1) is 0 Å². The zero-order chi connectivity index (χ0) is 15.1. The van der Waals surface area contributed by atoms with Crippen molar-refractivity contribution in [3.8, 4) is 0 Å². The van der Waals surface area contributed by atoms with Gasteiger partial charge in [0.25, 0.3) is 0 Å². The summed E-state index contributed by atoms with van der Waals surface area (Å²) in [5, 5.41) is 12.4. The van der Waals surface area contributed by atoms with Gasteiger partial charge in [-0.05, 0) is 30.3 Å². The second-order valence-electron chi connectivity index (χ2n) is 4.20. The number of nitrogens with one attached hydrogen (secondary N) is 1. The van der Waals surface area contributed by atoms with E-state index in [1.165, 1.54) is 23.9 Å². The lowest BCUT2D eigenvalue weighted by atomic mass is 10.2. The number of carboxylic acid groups (broad SMARTS) is 1. The fourth-order valence-electron chi connectivity index (χ4n) is 1.63.